The van der Waals surface area contributed by atoms with Crippen molar-refractivity contribution >= 4 is 11.7 Å². The highest BCUT2D eigenvalue weighted by Gasteiger charge is 2.17. The van der Waals surface area contributed by atoms with Gasteiger partial charge in [-0.2, -0.15) is 10.2 Å². The number of carbonyl (C=O) groups is 1. The number of anilines is 1. The number of rotatable bonds is 5. The summed E-state index contributed by atoms with van der Waals surface area (Å²) in [7, 11) is 3.78. The van der Waals surface area contributed by atoms with Crippen LogP contribution in [0.5, 0.6) is 0 Å². The minimum atomic E-state index is -0.0154. The summed E-state index contributed by atoms with van der Waals surface area (Å²) in [5.41, 5.74) is 6.15. The third kappa shape index (κ3) is 3.40. The molecule has 0 radical (unpaired) electrons. The van der Waals surface area contributed by atoms with Gasteiger partial charge in [-0.25, -0.2) is 0 Å². The summed E-state index contributed by atoms with van der Waals surface area (Å²) in [6.45, 7) is 6.00. The first kappa shape index (κ1) is 17.9. The number of nitrogens with one attached hydrogen (secondary N) is 1. The monoisotopic (exact) mass is 351 g/mol. The maximum absolute atomic E-state index is 12.5. The number of hydrogen-bond acceptors (Lipinski definition) is 3. The Morgan fingerprint density at radius 2 is 1.73 bits per heavy atom. The maximum atomic E-state index is 12.5. The van der Waals surface area contributed by atoms with Gasteiger partial charge in [-0.1, -0.05) is 30.3 Å². The van der Waals surface area contributed by atoms with E-state index in [1.807, 2.05) is 69.9 Å². The number of benzene rings is 1. The smallest absolute Gasteiger partial charge is 0.225 e. The second kappa shape index (κ2) is 7.15. The van der Waals surface area contributed by atoms with Gasteiger partial charge >= 0.3 is 0 Å². The highest BCUT2D eigenvalue weighted by Crippen LogP contribution is 2.27. The minimum absolute atomic E-state index is 0.0154. The lowest BCUT2D eigenvalue weighted by atomic mass is 10.1. The largest absolute Gasteiger partial charge is 0.311 e. The summed E-state index contributed by atoms with van der Waals surface area (Å²) < 4.78 is 3.59. The van der Waals surface area contributed by atoms with Gasteiger partial charge in [0.1, 0.15) is 5.82 Å². The first-order chi connectivity index (χ1) is 12.4. The Hall–Kier alpha value is -2.89. The van der Waals surface area contributed by atoms with Crippen molar-refractivity contribution in [2.24, 2.45) is 14.1 Å². The summed E-state index contributed by atoms with van der Waals surface area (Å²) in [5.74, 6) is 0.729. The third-order valence-electron chi connectivity index (χ3n) is 4.85. The van der Waals surface area contributed by atoms with Crippen LogP contribution in [0.25, 0.3) is 11.3 Å². The molecule has 0 saturated heterocycles. The van der Waals surface area contributed by atoms with Crippen LogP contribution in [-0.2, 0) is 25.3 Å². The number of hydrogen-bond donors (Lipinski definition) is 1. The molecule has 6 heteroatoms. The van der Waals surface area contributed by atoms with Crippen LogP contribution in [-0.4, -0.2) is 25.5 Å². The van der Waals surface area contributed by atoms with E-state index < -0.39 is 0 Å². The number of aromatic nitrogens is 4. The summed E-state index contributed by atoms with van der Waals surface area (Å²) in [6, 6.07) is 10.00. The van der Waals surface area contributed by atoms with Gasteiger partial charge in [-0.05, 0) is 32.8 Å². The highest BCUT2D eigenvalue weighted by molar-refractivity contribution is 5.91. The van der Waals surface area contributed by atoms with Crippen molar-refractivity contribution in [1.29, 1.82) is 0 Å². The second-order valence-corrected chi connectivity index (χ2v) is 6.63. The first-order valence-corrected chi connectivity index (χ1v) is 8.76. The van der Waals surface area contributed by atoms with Crippen LogP contribution >= 0.6 is 0 Å². The molecule has 0 aliphatic rings. The molecule has 0 aliphatic carbocycles. The van der Waals surface area contributed by atoms with E-state index in [4.69, 9.17) is 0 Å². The quantitative estimate of drug-likeness (QED) is 0.767. The summed E-state index contributed by atoms with van der Waals surface area (Å²) >= 11 is 0. The molecule has 0 saturated carbocycles. The van der Waals surface area contributed by atoms with Crippen molar-refractivity contribution in [3.05, 3.63) is 52.8 Å². The molecule has 0 aliphatic heterocycles. The number of aryl methyl sites for hydroxylation is 3. The van der Waals surface area contributed by atoms with Crippen LogP contribution in [0.3, 0.4) is 0 Å². The van der Waals surface area contributed by atoms with Crippen molar-refractivity contribution in [3.8, 4) is 11.3 Å². The molecule has 3 aromatic rings. The Labute approximate surface area is 153 Å². The predicted octanol–water partition coefficient (Wildman–Crippen LogP) is 3.32. The SMILES string of the molecule is Cc1nn(C)c(C)c1CCC(=O)Nc1c(C)c(-c2ccccc2)nn1C. The predicted molar refractivity (Wildman–Crippen MR) is 103 cm³/mol. The molecule has 26 heavy (non-hydrogen) atoms. The van der Waals surface area contributed by atoms with E-state index in [1.54, 1.807) is 4.68 Å². The molecule has 2 heterocycles. The fourth-order valence-corrected chi connectivity index (χ4v) is 3.29. The second-order valence-electron chi connectivity index (χ2n) is 6.63. The standard InChI is InChI=1S/C20H25N5O/c1-13-19(16-9-7-6-8-10-16)23-25(5)20(13)21-18(26)12-11-17-14(2)22-24(4)15(17)3/h6-10H,11-12H2,1-5H3,(H,21,26). The van der Waals surface area contributed by atoms with E-state index in [2.05, 4.69) is 15.5 Å². The molecule has 1 aromatic carbocycles. The van der Waals surface area contributed by atoms with Gasteiger partial charge in [-0.3, -0.25) is 14.2 Å². The molecule has 0 fully saturated rings. The molecule has 0 atom stereocenters. The number of amides is 1. The topological polar surface area (TPSA) is 64.7 Å². The first-order valence-electron chi connectivity index (χ1n) is 8.76. The van der Waals surface area contributed by atoms with Crippen LogP contribution < -0.4 is 5.32 Å². The van der Waals surface area contributed by atoms with Gasteiger partial charge in [0.15, 0.2) is 0 Å². The van der Waals surface area contributed by atoms with Crippen molar-refractivity contribution in [1.82, 2.24) is 19.6 Å². The van der Waals surface area contributed by atoms with E-state index in [9.17, 15) is 4.79 Å². The highest BCUT2D eigenvalue weighted by atomic mass is 16.1. The summed E-state index contributed by atoms with van der Waals surface area (Å²) in [4.78, 5) is 12.5. The fourth-order valence-electron chi connectivity index (χ4n) is 3.29. The minimum Gasteiger partial charge on any atom is -0.311 e. The van der Waals surface area contributed by atoms with Gasteiger partial charge in [0.05, 0.1) is 11.4 Å². The van der Waals surface area contributed by atoms with Crippen molar-refractivity contribution in [2.75, 3.05) is 5.32 Å². The van der Waals surface area contributed by atoms with Crippen molar-refractivity contribution in [2.45, 2.75) is 33.6 Å². The lowest BCUT2D eigenvalue weighted by Crippen LogP contribution is -2.16. The lowest BCUT2D eigenvalue weighted by molar-refractivity contribution is -0.116. The lowest BCUT2D eigenvalue weighted by Gasteiger charge is -2.07. The van der Waals surface area contributed by atoms with E-state index in [-0.39, 0.29) is 5.91 Å². The Morgan fingerprint density at radius 3 is 2.35 bits per heavy atom. The molecule has 0 unspecified atom stereocenters. The van der Waals surface area contributed by atoms with Crippen LogP contribution in [0.4, 0.5) is 5.82 Å². The average Bonchev–Trinajstić information content (AvgIpc) is 3.03. The zero-order valence-corrected chi connectivity index (χ0v) is 16.0. The molecule has 3 rings (SSSR count). The van der Waals surface area contributed by atoms with Crippen LogP contribution in [0.1, 0.15) is 28.9 Å². The molecule has 1 N–H and O–H groups in total. The molecular weight excluding hydrogens is 326 g/mol. The normalized spacial score (nSPS) is 11.0. The molecule has 136 valence electrons. The number of carbonyl (C=O) groups excluding carboxylic acids is 1. The van der Waals surface area contributed by atoms with E-state index in [0.29, 0.717) is 12.8 Å². The number of nitrogens with zero attached hydrogens (tertiary/aromatic N) is 4. The van der Waals surface area contributed by atoms with Gasteiger partial charge in [-0.15, -0.1) is 0 Å². The molecule has 0 bridgehead atoms. The zero-order valence-electron chi connectivity index (χ0n) is 16.0. The Kier molecular flexibility index (Phi) is 4.93. The Bertz CT molecular complexity index is 937. The van der Waals surface area contributed by atoms with Gasteiger partial charge in [0.25, 0.3) is 0 Å². The third-order valence-corrected chi connectivity index (χ3v) is 4.85. The van der Waals surface area contributed by atoms with Gasteiger partial charge < -0.3 is 5.32 Å². The Balaban J connectivity index is 1.73. The molecular formula is C20H25N5O. The van der Waals surface area contributed by atoms with Crippen molar-refractivity contribution in [3.63, 3.8) is 0 Å². The van der Waals surface area contributed by atoms with E-state index in [0.717, 1.165) is 39.6 Å². The zero-order chi connectivity index (χ0) is 18.8. The molecule has 0 spiro atoms. The fraction of sp³-hybridized carbons (Fsp3) is 0.350. The van der Waals surface area contributed by atoms with Crippen LogP contribution in [0, 0.1) is 20.8 Å². The average molecular weight is 351 g/mol. The van der Waals surface area contributed by atoms with E-state index in [1.165, 1.54) is 0 Å². The maximum Gasteiger partial charge on any atom is 0.225 e. The van der Waals surface area contributed by atoms with Crippen molar-refractivity contribution < 1.29 is 4.79 Å². The molecule has 2 aromatic heterocycles. The summed E-state index contributed by atoms with van der Waals surface area (Å²) in [5, 5.41) is 12.0. The molecule has 6 nitrogen and oxygen atoms in total. The van der Waals surface area contributed by atoms with Gasteiger partial charge in [0, 0.05) is 37.3 Å². The molecule has 1 amide bonds. The summed E-state index contributed by atoms with van der Waals surface area (Å²) in [6.07, 6.45) is 1.10. The Morgan fingerprint density at radius 1 is 1.04 bits per heavy atom. The van der Waals surface area contributed by atoms with E-state index >= 15 is 0 Å². The van der Waals surface area contributed by atoms with Gasteiger partial charge in [0.2, 0.25) is 5.91 Å². The van der Waals surface area contributed by atoms with Crippen LogP contribution in [0.15, 0.2) is 30.3 Å². The van der Waals surface area contributed by atoms with Crippen LogP contribution in [0.2, 0.25) is 0 Å².